The Morgan fingerprint density at radius 1 is 1.24 bits per heavy atom. The molecule has 1 heterocycles. The zero-order chi connectivity index (χ0) is 17.9. The van der Waals surface area contributed by atoms with Crippen molar-refractivity contribution in [3.63, 3.8) is 0 Å². The summed E-state index contributed by atoms with van der Waals surface area (Å²) in [5, 5.41) is 7.49. The number of rotatable bonds is 6. The second-order valence-corrected chi connectivity index (χ2v) is 6.57. The molecule has 1 aromatic heterocycles. The van der Waals surface area contributed by atoms with Crippen molar-refractivity contribution >= 4 is 18.3 Å². The maximum absolute atomic E-state index is 12.2. The van der Waals surface area contributed by atoms with Crippen molar-refractivity contribution in [1.82, 2.24) is 15.1 Å². The Morgan fingerprint density at radius 3 is 2.32 bits per heavy atom. The number of hydrogen-bond donors (Lipinski definition) is 2. The van der Waals surface area contributed by atoms with Gasteiger partial charge in [-0.05, 0) is 50.5 Å². The number of carbonyl (C=O) groups excluding carboxylic acids is 1. The zero-order valence-corrected chi connectivity index (χ0v) is 16.4. The number of halogens is 1. The number of nitrogens with two attached hydrogens (primary N) is 1. The Hall–Kier alpha value is -1.85. The predicted octanol–water partition coefficient (Wildman–Crippen LogP) is 3.46. The van der Waals surface area contributed by atoms with Gasteiger partial charge in [-0.3, -0.25) is 4.79 Å². The first-order chi connectivity index (χ1) is 11.3. The molecule has 3 atom stereocenters. The van der Waals surface area contributed by atoms with Gasteiger partial charge in [0.05, 0.1) is 23.5 Å². The van der Waals surface area contributed by atoms with Crippen LogP contribution in [-0.2, 0) is 4.79 Å². The van der Waals surface area contributed by atoms with Gasteiger partial charge < -0.3 is 11.1 Å². The number of benzene rings is 1. The molecule has 3 unspecified atom stereocenters. The van der Waals surface area contributed by atoms with Crippen molar-refractivity contribution in [2.75, 3.05) is 0 Å². The molecule has 0 radical (unpaired) electrons. The van der Waals surface area contributed by atoms with Crippen molar-refractivity contribution < 1.29 is 4.79 Å². The summed E-state index contributed by atoms with van der Waals surface area (Å²) >= 11 is 0. The van der Waals surface area contributed by atoms with Crippen molar-refractivity contribution in [3.05, 3.63) is 47.3 Å². The molecule has 0 aliphatic carbocycles. The normalized spacial score (nSPS) is 14.3. The molecule has 0 bridgehead atoms. The fourth-order valence-electron chi connectivity index (χ4n) is 2.70. The Kier molecular flexibility index (Phi) is 7.64. The molecule has 3 N–H and O–H groups in total. The summed E-state index contributed by atoms with van der Waals surface area (Å²) in [5.74, 6) is 0.0741. The van der Waals surface area contributed by atoms with Gasteiger partial charge in [0.2, 0.25) is 5.91 Å². The third kappa shape index (κ3) is 5.06. The molecule has 0 fully saturated rings. The molecule has 1 amide bonds. The van der Waals surface area contributed by atoms with Gasteiger partial charge in [-0.25, -0.2) is 4.68 Å². The lowest BCUT2D eigenvalue weighted by Crippen LogP contribution is -2.45. The summed E-state index contributed by atoms with van der Waals surface area (Å²) in [6, 6.07) is 9.58. The first kappa shape index (κ1) is 21.2. The van der Waals surface area contributed by atoms with Crippen LogP contribution in [0.4, 0.5) is 0 Å². The average Bonchev–Trinajstić information content (AvgIpc) is 2.91. The van der Waals surface area contributed by atoms with Crippen LogP contribution < -0.4 is 11.1 Å². The number of aromatic nitrogens is 2. The summed E-state index contributed by atoms with van der Waals surface area (Å²) in [6.07, 6.45) is 0.889. The third-order valence-corrected chi connectivity index (χ3v) is 4.57. The van der Waals surface area contributed by atoms with Crippen LogP contribution in [0.5, 0.6) is 0 Å². The number of nitrogens with zero attached hydrogens (tertiary/aromatic N) is 2. The molecule has 1 aromatic carbocycles. The Morgan fingerprint density at radius 2 is 1.84 bits per heavy atom. The highest BCUT2D eigenvalue weighted by atomic mass is 35.5. The minimum absolute atomic E-state index is 0. The van der Waals surface area contributed by atoms with Crippen LogP contribution in [0.25, 0.3) is 5.69 Å². The van der Waals surface area contributed by atoms with E-state index in [1.165, 1.54) is 0 Å². The molecule has 2 aromatic rings. The highest BCUT2D eigenvalue weighted by Crippen LogP contribution is 2.18. The monoisotopic (exact) mass is 364 g/mol. The maximum Gasteiger partial charge on any atom is 0.237 e. The standard InChI is InChI=1S/C19H28N4O.ClH/c1-6-12(2)18(20)19(24)21-15(5)16-7-9-17(10-8-16)23-14(4)11-13(3)22-23;/h7-12,15,18H,6,20H2,1-5H3,(H,21,24);1H. The molecular weight excluding hydrogens is 336 g/mol. The van der Waals surface area contributed by atoms with E-state index in [1.807, 2.05) is 69.6 Å². The van der Waals surface area contributed by atoms with Crippen molar-refractivity contribution in [2.45, 2.75) is 53.1 Å². The molecule has 6 heteroatoms. The number of hydrogen-bond acceptors (Lipinski definition) is 3. The van der Waals surface area contributed by atoms with Gasteiger partial charge in [0.25, 0.3) is 0 Å². The summed E-state index contributed by atoms with van der Waals surface area (Å²) in [7, 11) is 0. The van der Waals surface area contributed by atoms with E-state index in [0.29, 0.717) is 0 Å². The van der Waals surface area contributed by atoms with E-state index in [0.717, 1.165) is 29.1 Å². The van der Waals surface area contributed by atoms with Gasteiger partial charge in [0, 0.05) is 5.69 Å². The largest absolute Gasteiger partial charge is 0.348 e. The summed E-state index contributed by atoms with van der Waals surface area (Å²) in [5.41, 5.74) is 10.1. The van der Waals surface area contributed by atoms with Crippen LogP contribution >= 0.6 is 12.4 Å². The second-order valence-electron chi connectivity index (χ2n) is 6.57. The summed E-state index contributed by atoms with van der Waals surface area (Å²) < 4.78 is 1.92. The summed E-state index contributed by atoms with van der Waals surface area (Å²) in [4.78, 5) is 12.2. The van der Waals surface area contributed by atoms with Crippen molar-refractivity contribution in [1.29, 1.82) is 0 Å². The van der Waals surface area contributed by atoms with Crippen LogP contribution in [-0.4, -0.2) is 21.7 Å². The lowest BCUT2D eigenvalue weighted by molar-refractivity contribution is -0.124. The molecule has 25 heavy (non-hydrogen) atoms. The second kappa shape index (κ2) is 9.02. The van der Waals surface area contributed by atoms with E-state index in [4.69, 9.17) is 5.73 Å². The molecule has 5 nitrogen and oxygen atoms in total. The molecule has 0 aliphatic rings. The number of amides is 1. The topological polar surface area (TPSA) is 72.9 Å². The molecule has 0 spiro atoms. The lowest BCUT2D eigenvalue weighted by Gasteiger charge is -2.21. The zero-order valence-electron chi connectivity index (χ0n) is 15.6. The molecule has 138 valence electrons. The number of nitrogens with one attached hydrogen (secondary N) is 1. The first-order valence-electron chi connectivity index (χ1n) is 8.53. The van der Waals surface area contributed by atoms with Gasteiger partial charge in [-0.1, -0.05) is 32.4 Å². The van der Waals surface area contributed by atoms with Gasteiger partial charge in [-0.2, -0.15) is 5.10 Å². The Labute approximate surface area is 156 Å². The van der Waals surface area contributed by atoms with Crippen molar-refractivity contribution in [2.24, 2.45) is 11.7 Å². The van der Waals surface area contributed by atoms with Crippen LogP contribution in [0.1, 0.15) is 50.2 Å². The van der Waals surface area contributed by atoms with Crippen LogP contribution in [0.3, 0.4) is 0 Å². The maximum atomic E-state index is 12.2. The van der Waals surface area contributed by atoms with E-state index in [2.05, 4.69) is 10.4 Å². The minimum atomic E-state index is -0.466. The summed E-state index contributed by atoms with van der Waals surface area (Å²) in [6.45, 7) is 10.0. The van der Waals surface area contributed by atoms with E-state index >= 15 is 0 Å². The molecule has 2 rings (SSSR count). The van der Waals surface area contributed by atoms with Gasteiger partial charge >= 0.3 is 0 Å². The van der Waals surface area contributed by atoms with E-state index < -0.39 is 6.04 Å². The van der Waals surface area contributed by atoms with Gasteiger partial charge in [-0.15, -0.1) is 12.4 Å². The fraction of sp³-hybridized carbons (Fsp3) is 0.474. The van der Waals surface area contributed by atoms with Crippen LogP contribution in [0.15, 0.2) is 30.3 Å². The first-order valence-corrected chi connectivity index (χ1v) is 8.53. The highest BCUT2D eigenvalue weighted by Gasteiger charge is 2.21. The third-order valence-electron chi connectivity index (χ3n) is 4.57. The minimum Gasteiger partial charge on any atom is -0.348 e. The molecular formula is C19H29ClN4O. The Bertz CT molecular complexity index is 696. The number of carbonyl (C=O) groups is 1. The smallest absolute Gasteiger partial charge is 0.237 e. The van der Waals surface area contributed by atoms with Crippen molar-refractivity contribution in [3.8, 4) is 5.69 Å². The highest BCUT2D eigenvalue weighted by molar-refractivity contribution is 5.85. The van der Waals surface area contributed by atoms with E-state index in [1.54, 1.807) is 0 Å². The lowest BCUT2D eigenvalue weighted by atomic mass is 9.98. The van der Waals surface area contributed by atoms with Crippen LogP contribution in [0, 0.1) is 19.8 Å². The number of aryl methyl sites for hydroxylation is 2. The van der Waals surface area contributed by atoms with Gasteiger partial charge in [0.1, 0.15) is 0 Å². The van der Waals surface area contributed by atoms with Crippen LogP contribution in [0.2, 0.25) is 0 Å². The van der Waals surface area contributed by atoms with Gasteiger partial charge in [0.15, 0.2) is 0 Å². The average molecular weight is 365 g/mol. The molecule has 0 saturated carbocycles. The molecule has 0 saturated heterocycles. The Balaban J connectivity index is 0.00000312. The van der Waals surface area contributed by atoms with E-state index in [9.17, 15) is 4.79 Å². The SMILES string of the molecule is CCC(C)C(N)C(=O)NC(C)c1ccc(-n2nc(C)cc2C)cc1.Cl. The fourth-order valence-corrected chi connectivity index (χ4v) is 2.70. The predicted molar refractivity (Wildman–Crippen MR) is 104 cm³/mol. The molecule has 0 aliphatic heterocycles. The quantitative estimate of drug-likeness (QED) is 0.824. The van der Waals surface area contributed by atoms with E-state index in [-0.39, 0.29) is 30.3 Å².